The Balaban J connectivity index is 2.05. The van der Waals surface area contributed by atoms with E-state index in [1.54, 1.807) is 30.3 Å². The van der Waals surface area contributed by atoms with Crippen LogP contribution in [0.25, 0.3) is 10.8 Å². The zero-order valence-corrected chi connectivity index (χ0v) is 13.5. The van der Waals surface area contributed by atoms with Crippen molar-refractivity contribution in [1.29, 1.82) is 0 Å². The minimum absolute atomic E-state index is 0.106. The summed E-state index contributed by atoms with van der Waals surface area (Å²) in [6.45, 7) is 0. The molecular formula is C17H15N3O5. The van der Waals surface area contributed by atoms with E-state index in [9.17, 15) is 14.4 Å². The highest BCUT2D eigenvalue weighted by Gasteiger charge is 2.14. The summed E-state index contributed by atoms with van der Waals surface area (Å²) in [6.07, 6.45) is 0. The SMILES string of the molecule is COc1cc(OC)cc(C(=O)Nc2cccc3c(=O)[nH][nH]c(=O)c23)c1. The quantitative estimate of drug-likeness (QED) is 0.665. The smallest absolute Gasteiger partial charge is 0.272 e. The van der Waals surface area contributed by atoms with Crippen LogP contribution in [0.1, 0.15) is 10.4 Å². The van der Waals surface area contributed by atoms with Crippen LogP contribution < -0.4 is 25.9 Å². The van der Waals surface area contributed by atoms with E-state index in [-0.39, 0.29) is 22.0 Å². The summed E-state index contributed by atoms with van der Waals surface area (Å²) in [5.41, 5.74) is -0.436. The lowest BCUT2D eigenvalue weighted by Gasteiger charge is -2.10. The van der Waals surface area contributed by atoms with Crippen LogP contribution in [0.3, 0.4) is 0 Å². The van der Waals surface area contributed by atoms with E-state index in [1.807, 2.05) is 0 Å². The molecule has 3 rings (SSSR count). The van der Waals surface area contributed by atoms with Gasteiger partial charge < -0.3 is 14.8 Å². The van der Waals surface area contributed by atoms with Gasteiger partial charge in [0.05, 0.1) is 30.7 Å². The average Bonchev–Trinajstić information content (AvgIpc) is 2.64. The predicted molar refractivity (Wildman–Crippen MR) is 92.7 cm³/mol. The highest BCUT2D eigenvalue weighted by atomic mass is 16.5. The van der Waals surface area contributed by atoms with Gasteiger partial charge in [0, 0.05) is 11.6 Å². The first-order valence-corrected chi connectivity index (χ1v) is 7.31. The Morgan fingerprint density at radius 1 is 0.960 bits per heavy atom. The molecule has 0 radical (unpaired) electrons. The molecule has 0 atom stereocenters. The summed E-state index contributed by atoms with van der Waals surface area (Å²) in [5, 5.41) is 7.43. The summed E-state index contributed by atoms with van der Waals surface area (Å²) < 4.78 is 10.3. The number of carbonyl (C=O) groups is 1. The standard InChI is InChI=1S/C17H15N3O5/c1-24-10-6-9(7-11(8-10)25-2)15(21)18-13-5-3-4-12-14(13)17(23)20-19-16(12)22/h3-8H,1-2H3,(H,18,21)(H,19,22)(H,20,23). The molecule has 0 spiro atoms. The molecule has 8 heteroatoms. The van der Waals surface area contributed by atoms with Gasteiger partial charge in [-0.1, -0.05) is 6.07 Å². The Labute approximate surface area is 141 Å². The van der Waals surface area contributed by atoms with Crippen molar-refractivity contribution in [3.05, 3.63) is 62.7 Å². The molecule has 0 bridgehead atoms. The van der Waals surface area contributed by atoms with Crippen molar-refractivity contribution in [2.45, 2.75) is 0 Å². The van der Waals surface area contributed by atoms with Crippen LogP contribution in [-0.4, -0.2) is 30.3 Å². The topological polar surface area (TPSA) is 113 Å². The van der Waals surface area contributed by atoms with Gasteiger partial charge in [0.1, 0.15) is 11.5 Å². The van der Waals surface area contributed by atoms with Gasteiger partial charge in [-0.3, -0.25) is 24.6 Å². The second-order valence-corrected chi connectivity index (χ2v) is 5.19. The minimum atomic E-state index is -0.506. The van der Waals surface area contributed by atoms with E-state index >= 15 is 0 Å². The minimum Gasteiger partial charge on any atom is -0.497 e. The molecule has 2 aromatic carbocycles. The third-order valence-electron chi connectivity index (χ3n) is 3.69. The maximum atomic E-state index is 12.6. The van der Waals surface area contributed by atoms with Gasteiger partial charge in [-0.2, -0.15) is 0 Å². The lowest BCUT2D eigenvalue weighted by atomic mass is 10.1. The highest BCUT2D eigenvalue weighted by molar-refractivity contribution is 6.09. The number of amides is 1. The Morgan fingerprint density at radius 3 is 2.24 bits per heavy atom. The van der Waals surface area contributed by atoms with E-state index in [0.717, 1.165) is 0 Å². The number of carbonyl (C=O) groups excluding carboxylic acids is 1. The number of aromatic amines is 2. The van der Waals surface area contributed by atoms with Gasteiger partial charge in [0.2, 0.25) is 0 Å². The molecule has 3 N–H and O–H groups in total. The van der Waals surface area contributed by atoms with Crippen molar-refractivity contribution < 1.29 is 14.3 Å². The second-order valence-electron chi connectivity index (χ2n) is 5.19. The monoisotopic (exact) mass is 341 g/mol. The molecule has 0 aliphatic carbocycles. The molecule has 1 amide bonds. The van der Waals surface area contributed by atoms with E-state index < -0.39 is 17.0 Å². The number of H-pyrrole nitrogens is 2. The van der Waals surface area contributed by atoms with Crippen molar-refractivity contribution in [2.75, 3.05) is 19.5 Å². The number of hydrogen-bond acceptors (Lipinski definition) is 5. The second kappa shape index (κ2) is 6.52. The summed E-state index contributed by atoms with van der Waals surface area (Å²) in [6, 6.07) is 9.36. The molecular weight excluding hydrogens is 326 g/mol. The molecule has 0 saturated heterocycles. The van der Waals surface area contributed by atoms with Gasteiger partial charge in [0.25, 0.3) is 17.0 Å². The van der Waals surface area contributed by atoms with Crippen LogP contribution in [0.5, 0.6) is 11.5 Å². The number of rotatable bonds is 4. The lowest BCUT2D eigenvalue weighted by molar-refractivity contribution is 0.102. The molecule has 0 aliphatic heterocycles. The largest absolute Gasteiger partial charge is 0.497 e. The van der Waals surface area contributed by atoms with Crippen LogP contribution in [0.15, 0.2) is 46.0 Å². The van der Waals surface area contributed by atoms with Crippen LogP contribution >= 0.6 is 0 Å². The summed E-state index contributed by atoms with van der Waals surface area (Å²) >= 11 is 0. The summed E-state index contributed by atoms with van der Waals surface area (Å²) in [5.74, 6) is 0.442. The fourth-order valence-electron chi connectivity index (χ4n) is 2.47. The normalized spacial score (nSPS) is 10.5. The van der Waals surface area contributed by atoms with Gasteiger partial charge >= 0.3 is 0 Å². The Morgan fingerprint density at radius 2 is 1.60 bits per heavy atom. The molecule has 1 heterocycles. The van der Waals surface area contributed by atoms with E-state index in [4.69, 9.17) is 9.47 Å². The third kappa shape index (κ3) is 3.09. The molecule has 25 heavy (non-hydrogen) atoms. The number of fused-ring (bicyclic) bond motifs is 1. The number of anilines is 1. The molecule has 0 saturated carbocycles. The first-order valence-electron chi connectivity index (χ1n) is 7.31. The predicted octanol–water partition coefficient (Wildman–Crippen LogP) is 1.49. The maximum Gasteiger partial charge on any atom is 0.272 e. The Bertz CT molecular complexity index is 1050. The average molecular weight is 341 g/mol. The Kier molecular flexibility index (Phi) is 4.25. The zero-order chi connectivity index (χ0) is 18.0. The third-order valence-corrected chi connectivity index (χ3v) is 3.69. The van der Waals surface area contributed by atoms with Crippen molar-refractivity contribution in [1.82, 2.24) is 10.2 Å². The van der Waals surface area contributed by atoms with Gasteiger partial charge in [-0.25, -0.2) is 0 Å². The van der Waals surface area contributed by atoms with Crippen molar-refractivity contribution in [2.24, 2.45) is 0 Å². The maximum absolute atomic E-state index is 12.6. The zero-order valence-electron chi connectivity index (χ0n) is 13.5. The molecule has 0 unspecified atom stereocenters. The van der Waals surface area contributed by atoms with Crippen molar-refractivity contribution >= 4 is 22.4 Å². The van der Waals surface area contributed by atoms with E-state index in [0.29, 0.717) is 11.5 Å². The molecule has 8 nitrogen and oxygen atoms in total. The van der Waals surface area contributed by atoms with Gasteiger partial charge in [0.15, 0.2) is 0 Å². The number of hydrogen-bond donors (Lipinski definition) is 3. The van der Waals surface area contributed by atoms with Crippen molar-refractivity contribution in [3.63, 3.8) is 0 Å². The summed E-state index contributed by atoms with van der Waals surface area (Å²) in [7, 11) is 2.96. The number of benzene rings is 2. The molecule has 0 fully saturated rings. The number of aromatic nitrogens is 2. The molecule has 3 aromatic rings. The highest BCUT2D eigenvalue weighted by Crippen LogP contribution is 2.24. The van der Waals surface area contributed by atoms with Crippen LogP contribution in [-0.2, 0) is 0 Å². The van der Waals surface area contributed by atoms with Gasteiger partial charge in [-0.15, -0.1) is 0 Å². The Hall–Kier alpha value is -3.55. The molecule has 1 aromatic heterocycles. The number of nitrogens with one attached hydrogen (secondary N) is 3. The van der Waals surface area contributed by atoms with E-state index in [1.165, 1.54) is 20.3 Å². The first-order chi connectivity index (χ1) is 12.0. The fraction of sp³-hybridized carbons (Fsp3) is 0.118. The van der Waals surface area contributed by atoms with Crippen molar-refractivity contribution in [3.8, 4) is 11.5 Å². The summed E-state index contributed by atoms with van der Waals surface area (Å²) in [4.78, 5) is 36.5. The van der Waals surface area contributed by atoms with Crippen LogP contribution in [0, 0.1) is 0 Å². The number of ether oxygens (including phenoxy) is 2. The van der Waals surface area contributed by atoms with Crippen LogP contribution in [0.4, 0.5) is 5.69 Å². The first kappa shape index (κ1) is 16.3. The lowest BCUT2D eigenvalue weighted by Crippen LogP contribution is -2.21. The van der Waals surface area contributed by atoms with Gasteiger partial charge in [-0.05, 0) is 24.3 Å². The molecule has 0 aliphatic rings. The van der Waals surface area contributed by atoms with E-state index in [2.05, 4.69) is 15.5 Å². The van der Waals surface area contributed by atoms with Crippen LogP contribution in [0.2, 0.25) is 0 Å². The molecule has 128 valence electrons. The fourth-order valence-corrected chi connectivity index (χ4v) is 2.47. The number of methoxy groups -OCH3 is 2.